The Morgan fingerprint density at radius 1 is 0.550 bits per heavy atom. The highest BCUT2D eigenvalue weighted by Gasteiger charge is 2.54. The van der Waals surface area contributed by atoms with Crippen molar-refractivity contribution in [1.29, 1.82) is 0 Å². The molecular formula is C57H36N2S. The number of thiophene rings is 1. The molecule has 3 heteroatoms. The molecule has 1 N–H and O–H groups in total. The minimum atomic E-state index is -0.321. The molecule has 3 aliphatic carbocycles. The van der Waals surface area contributed by atoms with Crippen LogP contribution in [0.25, 0.3) is 75.0 Å². The molecule has 2 nitrogen and oxygen atoms in total. The molecule has 14 rings (SSSR count). The predicted molar refractivity (Wildman–Crippen MR) is 254 cm³/mol. The number of nitrogens with one attached hydrogen (secondary N) is 1. The summed E-state index contributed by atoms with van der Waals surface area (Å²) in [5.74, 6) is 0.277. The Balaban J connectivity index is 1.03. The van der Waals surface area contributed by atoms with Crippen LogP contribution in [0.5, 0.6) is 0 Å². The summed E-state index contributed by atoms with van der Waals surface area (Å²) in [7, 11) is 0. The minimum Gasteiger partial charge on any atom is -0.354 e. The van der Waals surface area contributed by atoms with Crippen molar-refractivity contribution in [2.75, 3.05) is 4.90 Å². The zero-order chi connectivity index (χ0) is 39.1. The normalized spacial score (nSPS) is 15.9. The van der Waals surface area contributed by atoms with Crippen LogP contribution in [-0.4, -0.2) is 4.98 Å². The number of allylic oxidation sites excluding steroid dienone is 4. The molecule has 2 aromatic heterocycles. The van der Waals surface area contributed by atoms with Crippen molar-refractivity contribution in [3.63, 3.8) is 0 Å². The standard InChI is InChI=1S/C57H36N2S/c1-2-14-34(15-3-1)38-16-7-12-24-52(38)59(37-30-35-26-28-43-55-51(58-50(32-37)54(35)55)33-45-42-20-8-13-25-53(42)60-56(43)45)36-27-29-49-44(31-36)41-19-6-11-23-48(41)57(49)46-21-9-4-17-39(46)40-18-5-10-22-47(40)57/h1-18,20-33,41,58H,19H2. The second kappa shape index (κ2) is 11.9. The lowest BCUT2D eigenvalue weighted by Gasteiger charge is -2.33. The first kappa shape index (κ1) is 32.7. The van der Waals surface area contributed by atoms with Gasteiger partial charge in [0.05, 0.1) is 11.1 Å². The molecule has 280 valence electrons. The second-order valence-corrected chi connectivity index (χ2v) is 17.8. The van der Waals surface area contributed by atoms with Crippen LogP contribution in [0.15, 0.2) is 200 Å². The van der Waals surface area contributed by atoms with Crippen LogP contribution in [-0.2, 0) is 5.41 Å². The van der Waals surface area contributed by atoms with Crippen molar-refractivity contribution in [3.05, 3.63) is 222 Å². The Morgan fingerprint density at radius 2 is 1.28 bits per heavy atom. The summed E-state index contributed by atoms with van der Waals surface area (Å²) in [5, 5.41) is 7.85. The van der Waals surface area contributed by atoms with Gasteiger partial charge in [0.2, 0.25) is 0 Å². The molecule has 1 atom stereocenters. The molecular weight excluding hydrogens is 745 g/mol. The maximum absolute atomic E-state index is 3.94. The van der Waals surface area contributed by atoms with Crippen LogP contribution in [0.4, 0.5) is 17.1 Å². The smallest absolute Gasteiger partial charge is 0.0685 e. The van der Waals surface area contributed by atoms with Crippen LogP contribution >= 0.6 is 11.3 Å². The van der Waals surface area contributed by atoms with Gasteiger partial charge in [-0.1, -0.05) is 152 Å². The number of fused-ring (bicyclic) bond motifs is 14. The van der Waals surface area contributed by atoms with Crippen LogP contribution in [0, 0.1) is 0 Å². The van der Waals surface area contributed by atoms with Gasteiger partial charge in [-0.15, -0.1) is 11.3 Å². The molecule has 11 aromatic rings. The van der Waals surface area contributed by atoms with Crippen molar-refractivity contribution < 1.29 is 0 Å². The summed E-state index contributed by atoms with van der Waals surface area (Å²) in [6.07, 6.45) is 8.07. The van der Waals surface area contributed by atoms with E-state index in [0.29, 0.717) is 0 Å². The number of aromatic nitrogens is 1. The minimum absolute atomic E-state index is 0.277. The second-order valence-electron chi connectivity index (χ2n) is 16.8. The molecule has 60 heavy (non-hydrogen) atoms. The fourth-order valence-corrected chi connectivity index (χ4v) is 12.8. The topological polar surface area (TPSA) is 19.0 Å². The van der Waals surface area contributed by atoms with E-state index in [-0.39, 0.29) is 11.3 Å². The SMILES string of the molecule is C1=CCC2C(=C1)C1(c3ccccc3-c3ccccc31)c1ccc(N(c3cc4ccc5c6sc7ccccc7c6cc6[nH]c(c3)c4c65)c3ccccc3-c3ccccc3)cc12. The first-order valence-corrected chi connectivity index (χ1v) is 21.8. The molecule has 0 saturated heterocycles. The molecule has 0 radical (unpaired) electrons. The molecule has 0 bridgehead atoms. The summed E-state index contributed by atoms with van der Waals surface area (Å²) < 4.78 is 2.70. The summed E-state index contributed by atoms with van der Waals surface area (Å²) in [6, 6.07) is 66.1. The van der Waals surface area contributed by atoms with Gasteiger partial charge in [-0.05, 0) is 98.8 Å². The third-order valence-electron chi connectivity index (χ3n) is 13.9. The maximum Gasteiger partial charge on any atom is 0.0685 e. The van der Waals surface area contributed by atoms with Crippen molar-refractivity contribution in [2.24, 2.45) is 0 Å². The molecule has 0 fully saturated rings. The lowest BCUT2D eigenvalue weighted by molar-refractivity contribution is 0.708. The number of aromatic amines is 1. The number of nitrogens with zero attached hydrogens (tertiary/aromatic N) is 1. The van der Waals surface area contributed by atoms with Crippen LogP contribution in [0.1, 0.15) is 34.6 Å². The predicted octanol–water partition coefficient (Wildman–Crippen LogP) is 15.7. The van der Waals surface area contributed by atoms with Crippen LogP contribution < -0.4 is 4.90 Å². The first-order chi connectivity index (χ1) is 29.8. The van der Waals surface area contributed by atoms with Gasteiger partial charge in [-0.2, -0.15) is 0 Å². The average molecular weight is 781 g/mol. The number of rotatable bonds is 4. The Labute approximate surface area is 351 Å². The van der Waals surface area contributed by atoms with Crippen molar-refractivity contribution in [1.82, 2.24) is 4.98 Å². The molecule has 0 saturated carbocycles. The van der Waals surface area contributed by atoms with Gasteiger partial charge in [-0.3, -0.25) is 0 Å². The largest absolute Gasteiger partial charge is 0.354 e. The quantitative estimate of drug-likeness (QED) is 0.176. The summed E-state index contributed by atoms with van der Waals surface area (Å²) >= 11 is 1.91. The van der Waals surface area contributed by atoms with Gasteiger partial charge in [-0.25, -0.2) is 0 Å². The summed E-state index contributed by atoms with van der Waals surface area (Å²) in [4.78, 5) is 6.46. The molecule has 9 aromatic carbocycles. The van der Waals surface area contributed by atoms with Crippen molar-refractivity contribution >= 4 is 81.1 Å². The Hall–Kier alpha value is -7.20. The van der Waals surface area contributed by atoms with E-state index in [2.05, 4.69) is 204 Å². The van der Waals surface area contributed by atoms with Gasteiger partial charge in [0, 0.05) is 70.2 Å². The lowest BCUT2D eigenvalue weighted by atomic mass is 9.69. The Morgan fingerprint density at radius 3 is 2.13 bits per heavy atom. The fourth-order valence-electron chi connectivity index (χ4n) is 11.6. The number of benzene rings is 9. The molecule has 1 spiro atoms. The number of H-pyrrole nitrogens is 1. The van der Waals surface area contributed by atoms with E-state index in [0.717, 1.165) is 29.0 Å². The Kier molecular flexibility index (Phi) is 6.51. The number of hydrogen-bond acceptors (Lipinski definition) is 2. The molecule has 2 heterocycles. The maximum atomic E-state index is 3.94. The van der Waals surface area contributed by atoms with E-state index in [9.17, 15) is 0 Å². The van der Waals surface area contributed by atoms with E-state index < -0.39 is 0 Å². The van der Waals surface area contributed by atoms with Crippen molar-refractivity contribution in [3.8, 4) is 22.3 Å². The molecule has 0 amide bonds. The third-order valence-corrected chi connectivity index (χ3v) is 15.1. The van der Waals surface area contributed by atoms with Gasteiger partial charge in [0.15, 0.2) is 0 Å². The summed E-state index contributed by atoms with van der Waals surface area (Å²) in [6.45, 7) is 0. The zero-order valence-corrected chi connectivity index (χ0v) is 33.4. The van der Waals surface area contributed by atoms with E-state index in [1.807, 2.05) is 11.3 Å². The number of para-hydroxylation sites is 1. The van der Waals surface area contributed by atoms with Gasteiger partial charge in [0.1, 0.15) is 0 Å². The Bertz CT molecular complexity index is 3610. The average Bonchev–Trinajstić information content (AvgIpc) is 4.04. The number of anilines is 3. The third kappa shape index (κ3) is 4.17. The summed E-state index contributed by atoms with van der Waals surface area (Å²) in [5.41, 5.74) is 17.7. The lowest BCUT2D eigenvalue weighted by Crippen LogP contribution is -2.27. The van der Waals surface area contributed by atoms with Crippen molar-refractivity contribution in [2.45, 2.75) is 17.8 Å². The molecule has 0 aliphatic heterocycles. The highest BCUT2D eigenvalue weighted by atomic mass is 32.1. The van der Waals surface area contributed by atoms with Gasteiger partial charge >= 0.3 is 0 Å². The van der Waals surface area contributed by atoms with Crippen LogP contribution in [0.3, 0.4) is 0 Å². The first-order valence-electron chi connectivity index (χ1n) is 21.0. The van der Waals surface area contributed by atoms with E-state index in [1.165, 1.54) is 97.3 Å². The fraction of sp³-hybridized carbons (Fsp3) is 0.0526. The van der Waals surface area contributed by atoms with E-state index >= 15 is 0 Å². The number of hydrogen-bond donors (Lipinski definition) is 1. The monoisotopic (exact) mass is 780 g/mol. The van der Waals surface area contributed by atoms with E-state index in [4.69, 9.17) is 0 Å². The molecule has 1 unspecified atom stereocenters. The van der Waals surface area contributed by atoms with Gasteiger partial charge < -0.3 is 9.88 Å². The highest BCUT2D eigenvalue weighted by Crippen LogP contribution is 2.65. The van der Waals surface area contributed by atoms with Gasteiger partial charge in [0.25, 0.3) is 0 Å². The molecule has 3 aliphatic rings. The zero-order valence-electron chi connectivity index (χ0n) is 32.6. The highest BCUT2D eigenvalue weighted by molar-refractivity contribution is 7.26. The van der Waals surface area contributed by atoms with E-state index in [1.54, 1.807) is 0 Å². The van der Waals surface area contributed by atoms with Crippen LogP contribution in [0.2, 0.25) is 0 Å².